The molecule has 0 spiro atoms. The van der Waals surface area contributed by atoms with Crippen molar-refractivity contribution in [2.45, 2.75) is 19.3 Å². The number of hydrogen-bond donors (Lipinski definition) is 0. The Morgan fingerprint density at radius 1 is 1.08 bits per heavy atom. The standard InChI is InChI=1S/C19H19ClO3S/c1-24(21,22)23-14-6-5-9-18-15-19(20)13-12-17(18)11-10-16-7-3-2-4-8-16/h2-4,7-8,12-13,15H,6,10-11,14H2,1H3. The van der Waals surface area contributed by atoms with Crippen molar-refractivity contribution in [1.82, 2.24) is 0 Å². The molecule has 2 aromatic carbocycles. The first kappa shape index (κ1) is 18.5. The molecule has 0 saturated heterocycles. The maximum absolute atomic E-state index is 10.9. The molecule has 0 unspecified atom stereocenters. The lowest BCUT2D eigenvalue weighted by Crippen LogP contribution is -2.03. The Morgan fingerprint density at radius 3 is 2.54 bits per heavy atom. The maximum atomic E-state index is 10.9. The number of rotatable bonds is 6. The Balaban J connectivity index is 2.02. The van der Waals surface area contributed by atoms with Crippen LogP contribution in [-0.2, 0) is 27.1 Å². The third-order valence-electron chi connectivity index (χ3n) is 3.35. The van der Waals surface area contributed by atoms with Crippen molar-refractivity contribution in [2.24, 2.45) is 0 Å². The number of hydrogen-bond acceptors (Lipinski definition) is 3. The van der Waals surface area contributed by atoms with Crippen molar-refractivity contribution >= 4 is 21.7 Å². The lowest BCUT2D eigenvalue weighted by atomic mass is 10.00. The SMILES string of the molecule is CS(=O)(=O)OCCC#Cc1cc(Cl)ccc1CCc1ccccc1. The van der Waals surface area contributed by atoms with Gasteiger partial charge in [-0.05, 0) is 36.1 Å². The van der Waals surface area contributed by atoms with E-state index in [1.54, 1.807) is 0 Å². The molecule has 126 valence electrons. The van der Waals surface area contributed by atoms with E-state index in [0.717, 1.165) is 30.2 Å². The summed E-state index contributed by atoms with van der Waals surface area (Å²) in [5, 5.41) is 0.634. The molecule has 0 bridgehead atoms. The van der Waals surface area contributed by atoms with Gasteiger partial charge in [-0.3, -0.25) is 4.18 Å². The minimum atomic E-state index is -3.41. The average Bonchev–Trinajstić information content (AvgIpc) is 2.53. The molecule has 0 aliphatic carbocycles. The van der Waals surface area contributed by atoms with Crippen molar-refractivity contribution < 1.29 is 12.6 Å². The maximum Gasteiger partial charge on any atom is 0.264 e. The Hall–Kier alpha value is -1.80. The summed E-state index contributed by atoms with van der Waals surface area (Å²) in [5.41, 5.74) is 3.27. The fourth-order valence-electron chi connectivity index (χ4n) is 2.21. The van der Waals surface area contributed by atoms with Gasteiger partial charge in [0, 0.05) is 17.0 Å². The predicted octanol–water partition coefficient (Wildman–Crippen LogP) is 3.84. The molecule has 2 aromatic rings. The van der Waals surface area contributed by atoms with E-state index in [0.29, 0.717) is 11.4 Å². The highest BCUT2D eigenvalue weighted by Crippen LogP contribution is 2.17. The second-order valence-corrected chi connectivity index (χ2v) is 7.45. The molecule has 5 heteroatoms. The zero-order valence-electron chi connectivity index (χ0n) is 13.5. The van der Waals surface area contributed by atoms with Crippen LogP contribution in [0.5, 0.6) is 0 Å². The Bertz CT molecular complexity index is 834. The van der Waals surface area contributed by atoms with Gasteiger partial charge in [0.2, 0.25) is 0 Å². The predicted molar refractivity (Wildman–Crippen MR) is 97.6 cm³/mol. The van der Waals surface area contributed by atoms with Gasteiger partial charge in [-0.15, -0.1) is 0 Å². The molecule has 0 amide bonds. The van der Waals surface area contributed by atoms with Gasteiger partial charge in [-0.1, -0.05) is 59.8 Å². The van der Waals surface area contributed by atoms with Gasteiger partial charge in [-0.2, -0.15) is 8.42 Å². The minimum Gasteiger partial charge on any atom is -0.269 e. The fourth-order valence-corrected chi connectivity index (χ4v) is 2.77. The molecular formula is C19H19ClO3S. The molecule has 0 aromatic heterocycles. The summed E-state index contributed by atoms with van der Waals surface area (Å²) in [4.78, 5) is 0. The summed E-state index contributed by atoms with van der Waals surface area (Å²) in [6.45, 7) is 0.0613. The monoisotopic (exact) mass is 362 g/mol. The third kappa shape index (κ3) is 6.76. The van der Waals surface area contributed by atoms with Crippen molar-refractivity contribution in [3.63, 3.8) is 0 Å². The van der Waals surface area contributed by atoms with Crippen molar-refractivity contribution in [3.05, 3.63) is 70.2 Å². The summed E-state index contributed by atoms with van der Waals surface area (Å²) in [6, 6.07) is 15.9. The fraction of sp³-hybridized carbons (Fsp3) is 0.263. The van der Waals surface area contributed by atoms with Gasteiger partial charge in [0.1, 0.15) is 0 Å². The van der Waals surface area contributed by atoms with E-state index in [1.165, 1.54) is 5.56 Å². The molecule has 0 N–H and O–H groups in total. The highest BCUT2D eigenvalue weighted by Gasteiger charge is 2.03. The van der Waals surface area contributed by atoms with E-state index in [4.69, 9.17) is 11.6 Å². The topological polar surface area (TPSA) is 43.4 Å². The number of halogens is 1. The summed E-state index contributed by atoms with van der Waals surface area (Å²) in [5.74, 6) is 6.01. The Morgan fingerprint density at radius 2 is 1.83 bits per heavy atom. The minimum absolute atomic E-state index is 0.0613. The van der Waals surface area contributed by atoms with Crippen LogP contribution < -0.4 is 0 Å². The van der Waals surface area contributed by atoms with Crippen LogP contribution in [0.4, 0.5) is 0 Å². The van der Waals surface area contributed by atoms with Crippen LogP contribution in [-0.4, -0.2) is 21.3 Å². The van der Waals surface area contributed by atoms with Crippen molar-refractivity contribution in [2.75, 3.05) is 12.9 Å². The van der Waals surface area contributed by atoms with E-state index in [-0.39, 0.29) is 6.61 Å². The van der Waals surface area contributed by atoms with Gasteiger partial charge >= 0.3 is 0 Å². The highest BCUT2D eigenvalue weighted by atomic mass is 35.5. The van der Waals surface area contributed by atoms with Crippen LogP contribution in [0.3, 0.4) is 0 Å². The quantitative estimate of drug-likeness (QED) is 0.445. The summed E-state index contributed by atoms with van der Waals surface area (Å²) in [6.07, 6.45) is 3.16. The van der Waals surface area contributed by atoms with Gasteiger partial charge in [-0.25, -0.2) is 0 Å². The molecule has 0 fully saturated rings. The molecule has 0 heterocycles. The smallest absolute Gasteiger partial charge is 0.264 e. The van der Waals surface area contributed by atoms with E-state index in [9.17, 15) is 8.42 Å². The van der Waals surface area contributed by atoms with Gasteiger partial charge < -0.3 is 0 Å². The molecule has 0 aliphatic rings. The second kappa shape index (κ2) is 8.89. The van der Waals surface area contributed by atoms with Crippen LogP contribution >= 0.6 is 11.6 Å². The van der Waals surface area contributed by atoms with Crippen LogP contribution in [0, 0.1) is 11.8 Å². The number of benzene rings is 2. The van der Waals surface area contributed by atoms with E-state index < -0.39 is 10.1 Å². The third-order valence-corrected chi connectivity index (χ3v) is 4.18. The first-order valence-corrected chi connectivity index (χ1v) is 9.79. The number of aryl methyl sites for hydroxylation is 2. The van der Waals surface area contributed by atoms with Crippen LogP contribution in [0.25, 0.3) is 0 Å². The van der Waals surface area contributed by atoms with Gasteiger partial charge in [0.05, 0.1) is 12.9 Å². The lowest BCUT2D eigenvalue weighted by molar-refractivity contribution is 0.330. The second-order valence-electron chi connectivity index (χ2n) is 5.36. The molecule has 0 saturated carbocycles. The average molecular weight is 363 g/mol. The molecule has 0 atom stereocenters. The largest absolute Gasteiger partial charge is 0.269 e. The zero-order chi connectivity index (χ0) is 17.4. The lowest BCUT2D eigenvalue weighted by Gasteiger charge is -2.06. The Kier molecular flexibility index (Phi) is 6.86. The first-order chi connectivity index (χ1) is 11.4. The molecule has 0 radical (unpaired) electrons. The van der Waals surface area contributed by atoms with E-state index >= 15 is 0 Å². The van der Waals surface area contributed by atoms with Crippen molar-refractivity contribution in [3.8, 4) is 11.8 Å². The molecule has 3 nitrogen and oxygen atoms in total. The van der Waals surface area contributed by atoms with Crippen LogP contribution in [0.2, 0.25) is 5.02 Å². The highest BCUT2D eigenvalue weighted by molar-refractivity contribution is 7.85. The summed E-state index contributed by atoms with van der Waals surface area (Å²) >= 11 is 6.06. The molecular weight excluding hydrogens is 344 g/mol. The van der Waals surface area contributed by atoms with Crippen LogP contribution in [0.15, 0.2) is 48.5 Å². The van der Waals surface area contributed by atoms with E-state index in [1.807, 2.05) is 36.4 Å². The van der Waals surface area contributed by atoms with Gasteiger partial charge in [0.25, 0.3) is 10.1 Å². The van der Waals surface area contributed by atoms with E-state index in [2.05, 4.69) is 28.2 Å². The summed E-state index contributed by atoms with van der Waals surface area (Å²) < 4.78 is 26.5. The normalized spacial score (nSPS) is 10.9. The van der Waals surface area contributed by atoms with Crippen LogP contribution in [0.1, 0.15) is 23.1 Å². The summed E-state index contributed by atoms with van der Waals surface area (Å²) in [7, 11) is -3.41. The first-order valence-electron chi connectivity index (χ1n) is 7.60. The Labute approximate surface area is 148 Å². The zero-order valence-corrected chi connectivity index (χ0v) is 15.0. The molecule has 0 aliphatic heterocycles. The van der Waals surface area contributed by atoms with Crippen molar-refractivity contribution in [1.29, 1.82) is 0 Å². The molecule has 24 heavy (non-hydrogen) atoms. The van der Waals surface area contributed by atoms with Gasteiger partial charge in [0.15, 0.2) is 0 Å². The molecule has 2 rings (SSSR count).